The Morgan fingerprint density at radius 1 is 1.50 bits per heavy atom. The van der Waals surface area contributed by atoms with Crippen molar-refractivity contribution in [1.29, 1.82) is 0 Å². The van der Waals surface area contributed by atoms with Crippen molar-refractivity contribution in [2.75, 3.05) is 5.88 Å². The smallest absolute Gasteiger partial charge is 0.221 e. The molecule has 0 aliphatic rings. The lowest BCUT2D eigenvalue weighted by molar-refractivity contribution is -0.120. The zero-order valence-corrected chi connectivity index (χ0v) is 9.33. The summed E-state index contributed by atoms with van der Waals surface area (Å²) in [6, 6.07) is 5.64. The minimum absolute atomic E-state index is 0.0485. The molecule has 1 aromatic carbocycles. The molecule has 0 saturated carbocycles. The van der Waals surface area contributed by atoms with Gasteiger partial charge in [-0.25, -0.2) is 4.98 Å². The second kappa shape index (κ2) is 4.99. The highest BCUT2D eigenvalue weighted by molar-refractivity contribution is 6.18. The van der Waals surface area contributed by atoms with E-state index in [-0.39, 0.29) is 5.91 Å². The minimum Gasteiger partial charge on any atom is -0.443 e. The second-order valence-corrected chi connectivity index (χ2v) is 3.75. The predicted octanol–water partition coefficient (Wildman–Crippen LogP) is 2.07. The Morgan fingerprint density at radius 2 is 2.38 bits per heavy atom. The summed E-state index contributed by atoms with van der Waals surface area (Å²) in [6.45, 7) is 0.479. The van der Waals surface area contributed by atoms with Crippen molar-refractivity contribution in [3.63, 3.8) is 0 Å². The molecule has 0 aliphatic carbocycles. The summed E-state index contributed by atoms with van der Waals surface area (Å²) in [4.78, 5) is 15.2. The molecule has 1 amide bonds. The molecule has 84 valence electrons. The van der Waals surface area contributed by atoms with Gasteiger partial charge < -0.3 is 9.73 Å². The van der Waals surface area contributed by atoms with E-state index in [1.807, 2.05) is 18.2 Å². The van der Waals surface area contributed by atoms with Crippen molar-refractivity contribution < 1.29 is 9.21 Å². The van der Waals surface area contributed by atoms with Gasteiger partial charge in [-0.2, -0.15) is 0 Å². The number of nitrogens with zero attached hydrogens (tertiary/aromatic N) is 1. The number of nitrogens with one attached hydrogen (secondary N) is 1. The third-order valence-electron chi connectivity index (χ3n) is 2.21. The molecule has 1 N–H and O–H groups in total. The Hall–Kier alpha value is -1.55. The van der Waals surface area contributed by atoms with E-state index in [4.69, 9.17) is 16.0 Å². The van der Waals surface area contributed by atoms with E-state index in [2.05, 4.69) is 10.3 Å². The molecule has 2 rings (SSSR count). The number of fused-ring (bicyclic) bond motifs is 1. The average Bonchev–Trinajstić information content (AvgIpc) is 2.74. The lowest BCUT2D eigenvalue weighted by atomic mass is 10.2. The van der Waals surface area contributed by atoms with E-state index < -0.39 is 0 Å². The third-order valence-corrected chi connectivity index (χ3v) is 2.40. The van der Waals surface area contributed by atoms with E-state index >= 15 is 0 Å². The van der Waals surface area contributed by atoms with Crippen LogP contribution < -0.4 is 5.32 Å². The molecular weight excluding hydrogens is 228 g/mol. The van der Waals surface area contributed by atoms with Gasteiger partial charge in [0.1, 0.15) is 5.52 Å². The van der Waals surface area contributed by atoms with Crippen LogP contribution in [0.4, 0.5) is 0 Å². The number of alkyl halides is 1. The van der Waals surface area contributed by atoms with E-state index in [1.165, 1.54) is 6.39 Å². The lowest BCUT2D eigenvalue weighted by Gasteiger charge is -2.03. The molecule has 2 aromatic rings. The van der Waals surface area contributed by atoms with E-state index in [0.717, 1.165) is 16.7 Å². The van der Waals surface area contributed by atoms with Crippen LogP contribution in [0.25, 0.3) is 11.1 Å². The quantitative estimate of drug-likeness (QED) is 0.830. The summed E-state index contributed by atoms with van der Waals surface area (Å²) in [6.07, 6.45) is 1.74. The number of hydrogen-bond acceptors (Lipinski definition) is 3. The summed E-state index contributed by atoms with van der Waals surface area (Å²) >= 11 is 5.46. The summed E-state index contributed by atoms with van der Waals surface area (Å²) in [5.41, 5.74) is 2.52. The van der Waals surface area contributed by atoms with E-state index in [9.17, 15) is 4.79 Å². The molecule has 1 heterocycles. The fraction of sp³-hybridized carbons (Fsp3) is 0.273. The van der Waals surface area contributed by atoms with E-state index in [1.54, 1.807) is 0 Å². The van der Waals surface area contributed by atoms with Gasteiger partial charge in [-0.1, -0.05) is 6.07 Å². The monoisotopic (exact) mass is 238 g/mol. The van der Waals surface area contributed by atoms with Crippen molar-refractivity contribution in [2.45, 2.75) is 13.0 Å². The van der Waals surface area contributed by atoms with Crippen LogP contribution in [0.2, 0.25) is 0 Å². The number of aromatic nitrogens is 1. The highest BCUT2D eigenvalue weighted by Crippen LogP contribution is 2.13. The fourth-order valence-electron chi connectivity index (χ4n) is 1.38. The van der Waals surface area contributed by atoms with Crippen LogP contribution in [0.1, 0.15) is 12.0 Å². The van der Waals surface area contributed by atoms with Crippen LogP contribution in [0.15, 0.2) is 29.0 Å². The maximum atomic E-state index is 11.2. The van der Waals surface area contributed by atoms with Gasteiger partial charge in [0.25, 0.3) is 0 Å². The molecule has 0 aliphatic heterocycles. The minimum atomic E-state index is -0.0485. The molecule has 0 bridgehead atoms. The third kappa shape index (κ3) is 2.52. The summed E-state index contributed by atoms with van der Waals surface area (Å²) < 4.78 is 5.17. The van der Waals surface area contributed by atoms with Crippen LogP contribution in [0.5, 0.6) is 0 Å². The second-order valence-electron chi connectivity index (χ2n) is 3.37. The molecule has 4 nitrogen and oxygen atoms in total. The van der Waals surface area contributed by atoms with Crippen LogP contribution in [-0.2, 0) is 11.3 Å². The van der Waals surface area contributed by atoms with Gasteiger partial charge in [0, 0.05) is 18.8 Å². The van der Waals surface area contributed by atoms with Gasteiger partial charge in [-0.15, -0.1) is 11.6 Å². The zero-order valence-electron chi connectivity index (χ0n) is 8.57. The number of carbonyl (C=O) groups excluding carboxylic acids is 1. The molecule has 5 heteroatoms. The number of hydrogen-bond donors (Lipinski definition) is 1. The molecule has 16 heavy (non-hydrogen) atoms. The first-order valence-electron chi connectivity index (χ1n) is 4.94. The molecule has 0 spiro atoms. The maximum Gasteiger partial charge on any atom is 0.221 e. The van der Waals surface area contributed by atoms with Crippen molar-refractivity contribution in [3.8, 4) is 0 Å². The van der Waals surface area contributed by atoms with E-state index in [0.29, 0.717) is 18.8 Å². The highest BCUT2D eigenvalue weighted by Gasteiger charge is 2.02. The summed E-state index contributed by atoms with van der Waals surface area (Å²) in [7, 11) is 0. The molecule has 0 radical (unpaired) electrons. The zero-order chi connectivity index (χ0) is 11.4. The molecule has 0 saturated heterocycles. The average molecular weight is 239 g/mol. The molecule has 0 fully saturated rings. The van der Waals surface area contributed by atoms with Crippen LogP contribution in [0.3, 0.4) is 0 Å². The van der Waals surface area contributed by atoms with Crippen LogP contribution >= 0.6 is 11.6 Å². The first-order valence-corrected chi connectivity index (χ1v) is 5.48. The van der Waals surface area contributed by atoms with Crippen molar-refractivity contribution in [1.82, 2.24) is 10.3 Å². The number of amides is 1. The number of halogens is 1. The Bertz CT molecular complexity index is 495. The molecule has 0 unspecified atom stereocenters. The van der Waals surface area contributed by atoms with Gasteiger partial charge in [0.15, 0.2) is 12.0 Å². The van der Waals surface area contributed by atoms with Crippen molar-refractivity contribution in [3.05, 3.63) is 30.2 Å². The van der Waals surface area contributed by atoms with Gasteiger partial charge in [0.05, 0.1) is 0 Å². The normalized spacial score (nSPS) is 10.6. The lowest BCUT2D eigenvalue weighted by Crippen LogP contribution is -2.22. The Labute approximate surface area is 97.6 Å². The SMILES string of the molecule is O=C(CCCl)NCc1ccc2ncoc2c1. The van der Waals surface area contributed by atoms with Gasteiger partial charge in [-0.3, -0.25) is 4.79 Å². The van der Waals surface area contributed by atoms with Gasteiger partial charge in [-0.05, 0) is 17.7 Å². The standard InChI is InChI=1S/C11H11ClN2O2/c12-4-3-11(15)13-6-8-1-2-9-10(5-8)16-7-14-9/h1-2,5,7H,3-4,6H2,(H,13,15). The van der Waals surface area contributed by atoms with Gasteiger partial charge >= 0.3 is 0 Å². The topological polar surface area (TPSA) is 55.1 Å². The highest BCUT2D eigenvalue weighted by atomic mass is 35.5. The fourth-order valence-corrected chi connectivity index (χ4v) is 1.56. The van der Waals surface area contributed by atoms with Crippen molar-refractivity contribution >= 4 is 28.6 Å². The summed E-state index contributed by atoms with van der Waals surface area (Å²) in [5, 5.41) is 2.77. The first kappa shape index (κ1) is 11.0. The van der Waals surface area contributed by atoms with Crippen LogP contribution in [-0.4, -0.2) is 16.8 Å². The predicted molar refractivity (Wildman–Crippen MR) is 61.2 cm³/mol. The maximum absolute atomic E-state index is 11.2. The number of carbonyl (C=O) groups is 1. The van der Waals surface area contributed by atoms with Crippen LogP contribution in [0, 0.1) is 0 Å². The largest absolute Gasteiger partial charge is 0.443 e. The number of benzene rings is 1. The Balaban J connectivity index is 2.01. The number of oxazole rings is 1. The molecule has 0 atom stereocenters. The van der Waals surface area contributed by atoms with Gasteiger partial charge in [0.2, 0.25) is 5.91 Å². The number of rotatable bonds is 4. The molecular formula is C11H11ClN2O2. The summed E-state index contributed by atoms with van der Waals surface area (Å²) in [5.74, 6) is 0.292. The Kier molecular flexibility index (Phi) is 3.41. The first-order chi connectivity index (χ1) is 7.79. The van der Waals surface area contributed by atoms with Crippen molar-refractivity contribution in [2.24, 2.45) is 0 Å². The Morgan fingerprint density at radius 3 is 3.19 bits per heavy atom. The molecule has 1 aromatic heterocycles.